The predicted molar refractivity (Wildman–Crippen MR) is 66.2 cm³/mol. The third-order valence-electron chi connectivity index (χ3n) is 3.19. The van der Waals surface area contributed by atoms with Gasteiger partial charge in [0.1, 0.15) is 24.4 Å². The lowest BCUT2D eigenvalue weighted by atomic mass is 9.97. The van der Waals surface area contributed by atoms with Gasteiger partial charge in [-0.3, -0.25) is 4.79 Å². The maximum Gasteiger partial charge on any atom is 0.217 e. The summed E-state index contributed by atoms with van der Waals surface area (Å²) in [7, 11) is 0. The number of carbonyl (C=O) groups is 1. The highest BCUT2D eigenvalue weighted by molar-refractivity contribution is 5.73. The zero-order valence-electron chi connectivity index (χ0n) is 11.4. The van der Waals surface area contributed by atoms with Crippen LogP contribution in [0.15, 0.2) is 0 Å². The van der Waals surface area contributed by atoms with E-state index in [2.05, 4.69) is 5.32 Å². The fourth-order valence-electron chi connectivity index (χ4n) is 1.91. The second-order valence-electron chi connectivity index (χ2n) is 4.79. The van der Waals surface area contributed by atoms with Crippen molar-refractivity contribution in [2.45, 2.75) is 63.9 Å². The summed E-state index contributed by atoms with van der Waals surface area (Å²) in [6, 6.07) is -0.871. The maximum atomic E-state index is 11.2. The SMILES string of the molecule is CC[C@H](C)O[C@@H]1O[C@H](CO)[C@H](O)[C@H](O)[C@@H]1NC(C)=O. The van der Waals surface area contributed by atoms with Gasteiger partial charge in [0.25, 0.3) is 0 Å². The molecule has 19 heavy (non-hydrogen) atoms. The van der Waals surface area contributed by atoms with Crippen LogP contribution in [0.3, 0.4) is 0 Å². The van der Waals surface area contributed by atoms with E-state index in [0.29, 0.717) is 0 Å². The molecular formula is C12H23NO6. The van der Waals surface area contributed by atoms with E-state index in [9.17, 15) is 15.0 Å². The second-order valence-corrected chi connectivity index (χ2v) is 4.79. The fraction of sp³-hybridized carbons (Fsp3) is 0.917. The number of aliphatic hydroxyl groups excluding tert-OH is 3. The molecule has 0 radical (unpaired) electrons. The summed E-state index contributed by atoms with van der Waals surface area (Å²) in [4.78, 5) is 11.2. The fourth-order valence-corrected chi connectivity index (χ4v) is 1.91. The van der Waals surface area contributed by atoms with Gasteiger partial charge in [0.05, 0.1) is 12.7 Å². The van der Waals surface area contributed by atoms with Crippen LogP contribution in [0.4, 0.5) is 0 Å². The molecular weight excluding hydrogens is 254 g/mol. The Kier molecular flexibility index (Phi) is 6.15. The van der Waals surface area contributed by atoms with Crippen LogP contribution in [0.2, 0.25) is 0 Å². The third kappa shape index (κ3) is 4.12. The van der Waals surface area contributed by atoms with Crippen molar-refractivity contribution < 1.29 is 29.6 Å². The van der Waals surface area contributed by atoms with Gasteiger partial charge in [-0.2, -0.15) is 0 Å². The molecule has 0 aliphatic carbocycles. The van der Waals surface area contributed by atoms with Crippen LogP contribution in [0.1, 0.15) is 27.2 Å². The number of aliphatic hydroxyl groups is 3. The topological polar surface area (TPSA) is 108 Å². The standard InChI is InChI=1S/C12H23NO6/c1-4-6(2)18-12-9(13-7(3)15)11(17)10(16)8(5-14)19-12/h6,8-12,14,16-17H,4-5H2,1-3H3,(H,13,15)/t6-,8+,9-,10-,11+,12+/m0/s1. The molecule has 0 saturated carbocycles. The maximum absolute atomic E-state index is 11.2. The Morgan fingerprint density at radius 3 is 2.53 bits per heavy atom. The van der Waals surface area contributed by atoms with Gasteiger partial charge in [-0.15, -0.1) is 0 Å². The summed E-state index contributed by atoms with van der Waals surface area (Å²) < 4.78 is 11.0. The predicted octanol–water partition coefficient (Wildman–Crippen LogP) is -1.25. The van der Waals surface area contributed by atoms with Gasteiger partial charge in [0.15, 0.2) is 6.29 Å². The van der Waals surface area contributed by atoms with E-state index in [1.54, 1.807) is 0 Å². The smallest absolute Gasteiger partial charge is 0.217 e. The first-order valence-corrected chi connectivity index (χ1v) is 6.45. The van der Waals surface area contributed by atoms with E-state index < -0.39 is 37.3 Å². The van der Waals surface area contributed by atoms with Crippen LogP contribution in [0.25, 0.3) is 0 Å². The number of amides is 1. The van der Waals surface area contributed by atoms with Crippen molar-refractivity contribution >= 4 is 5.91 Å². The molecule has 1 heterocycles. The van der Waals surface area contributed by atoms with E-state index in [0.717, 1.165) is 6.42 Å². The van der Waals surface area contributed by atoms with Gasteiger partial charge in [-0.25, -0.2) is 0 Å². The molecule has 0 aromatic rings. The largest absolute Gasteiger partial charge is 0.394 e. The molecule has 7 heteroatoms. The van der Waals surface area contributed by atoms with Gasteiger partial charge in [0.2, 0.25) is 5.91 Å². The molecule has 6 atom stereocenters. The minimum atomic E-state index is -1.28. The monoisotopic (exact) mass is 277 g/mol. The third-order valence-corrected chi connectivity index (χ3v) is 3.19. The highest BCUT2D eigenvalue weighted by Gasteiger charge is 2.45. The lowest BCUT2D eigenvalue weighted by Crippen LogP contribution is -2.64. The van der Waals surface area contributed by atoms with Crippen molar-refractivity contribution in [2.24, 2.45) is 0 Å². The molecule has 0 spiro atoms. The van der Waals surface area contributed by atoms with Gasteiger partial charge in [-0.1, -0.05) is 6.92 Å². The summed E-state index contributed by atoms with van der Waals surface area (Å²) in [6.07, 6.45) is -3.79. The van der Waals surface area contributed by atoms with E-state index in [1.165, 1.54) is 6.92 Å². The molecule has 4 N–H and O–H groups in total. The highest BCUT2D eigenvalue weighted by Crippen LogP contribution is 2.23. The first-order chi connectivity index (χ1) is 8.90. The van der Waals surface area contributed by atoms with Crippen molar-refractivity contribution in [3.8, 4) is 0 Å². The van der Waals surface area contributed by atoms with Gasteiger partial charge < -0.3 is 30.1 Å². The molecule has 1 fully saturated rings. The summed E-state index contributed by atoms with van der Waals surface area (Å²) in [5.74, 6) is -0.361. The van der Waals surface area contributed by atoms with Crippen LogP contribution in [0, 0.1) is 0 Å². The number of rotatable bonds is 5. The summed E-state index contributed by atoms with van der Waals surface area (Å²) >= 11 is 0. The van der Waals surface area contributed by atoms with Crippen molar-refractivity contribution in [1.29, 1.82) is 0 Å². The highest BCUT2D eigenvalue weighted by atomic mass is 16.7. The average molecular weight is 277 g/mol. The zero-order chi connectivity index (χ0) is 14.6. The number of hydrogen-bond acceptors (Lipinski definition) is 6. The quantitative estimate of drug-likeness (QED) is 0.500. The van der Waals surface area contributed by atoms with Crippen LogP contribution in [-0.4, -0.2) is 64.6 Å². The number of hydrogen-bond donors (Lipinski definition) is 4. The molecule has 1 saturated heterocycles. The van der Waals surface area contributed by atoms with Crippen LogP contribution in [-0.2, 0) is 14.3 Å². The van der Waals surface area contributed by atoms with Crippen LogP contribution in [0.5, 0.6) is 0 Å². The van der Waals surface area contributed by atoms with Crippen LogP contribution >= 0.6 is 0 Å². The lowest BCUT2D eigenvalue weighted by molar-refractivity contribution is -0.280. The number of ether oxygens (including phenoxy) is 2. The van der Waals surface area contributed by atoms with E-state index in [4.69, 9.17) is 14.6 Å². The van der Waals surface area contributed by atoms with Crippen molar-refractivity contribution in [3.05, 3.63) is 0 Å². The Bertz CT molecular complexity index is 300. The van der Waals surface area contributed by atoms with E-state index >= 15 is 0 Å². The molecule has 0 aromatic carbocycles. The molecule has 1 amide bonds. The minimum Gasteiger partial charge on any atom is -0.394 e. The molecule has 112 valence electrons. The van der Waals surface area contributed by atoms with Gasteiger partial charge in [-0.05, 0) is 13.3 Å². The van der Waals surface area contributed by atoms with Gasteiger partial charge >= 0.3 is 0 Å². The molecule has 0 aromatic heterocycles. The zero-order valence-corrected chi connectivity index (χ0v) is 11.4. The lowest BCUT2D eigenvalue weighted by Gasteiger charge is -2.42. The van der Waals surface area contributed by atoms with E-state index in [-0.39, 0.29) is 12.0 Å². The Hall–Kier alpha value is -0.730. The van der Waals surface area contributed by atoms with E-state index in [1.807, 2.05) is 13.8 Å². The molecule has 1 aliphatic rings. The Balaban J connectivity index is 2.83. The molecule has 0 bridgehead atoms. The first-order valence-electron chi connectivity index (χ1n) is 6.45. The van der Waals surface area contributed by atoms with Crippen LogP contribution < -0.4 is 5.32 Å². The van der Waals surface area contributed by atoms with Crippen molar-refractivity contribution in [2.75, 3.05) is 6.61 Å². The Labute approximate surface area is 112 Å². The van der Waals surface area contributed by atoms with Crippen molar-refractivity contribution in [3.63, 3.8) is 0 Å². The first kappa shape index (κ1) is 16.3. The average Bonchev–Trinajstić information content (AvgIpc) is 2.37. The second kappa shape index (κ2) is 7.16. The summed E-state index contributed by atoms with van der Waals surface area (Å²) in [5, 5.41) is 31.4. The Morgan fingerprint density at radius 1 is 1.42 bits per heavy atom. The normalized spacial score (nSPS) is 36.8. The summed E-state index contributed by atoms with van der Waals surface area (Å²) in [6.45, 7) is 4.62. The molecule has 0 unspecified atom stereocenters. The molecule has 1 rings (SSSR count). The number of nitrogens with one attached hydrogen (secondary N) is 1. The Morgan fingerprint density at radius 2 is 2.05 bits per heavy atom. The molecule has 7 nitrogen and oxygen atoms in total. The summed E-state index contributed by atoms with van der Waals surface area (Å²) in [5.41, 5.74) is 0. The van der Waals surface area contributed by atoms with Gasteiger partial charge in [0, 0.05) is 6.92 Å². The van der Waals surface area contributed by atoms with Crippen molar-refractivity contribution in [1.82, 2.24) is 5.32 Å². The molecule has 1 aliphatic heterocycles. The minimum absolute atomic E-state index is 0.136. The number of carbonyl (C=O) groups excluding carboxylic acids is 1.